The van der Waals surface area contributed by atoms with Gasteiger partial charge in [0, 0.05) is 4.88 Å². The molecule has 0 aliphatic carbocycles. The highest BCUT2D eigenvalue weighted by molar-refractivity contribution is 7.10. The van der Waals surface area contributed by atoms with Crippen LogP contribution in [0.5, 0.6) is 0 Å². The minimum atomic E-state index is -4.49. The molecule has 1 rings (SSSR count). The van der Waals surface area contributed by atoms with Gasteiger partial charge in [-0.25, -0.2) is 4.79 Å². The summed E-state index contributed by atoms with van der Waals surface area (Å²) in [7, 11) is 0. The van der Waals surface area contributed by atoms with E-state index in [0.29, 0.717) is 0 Å². The number of aryl methyl sites for hydroxylation is 1. The van der Waals surface area contributed by atoms with Crippen LogP contribution in [0.1, 0.15) is 17.4 Å². The maximum Gasteiger partial charge on any atom is 0.422 e. The first-order valence-electron chi connectivity index (χ1n) is 4.95. The lowest BCUT2D eigenvalue weighted by Gasteiger charge is -2.09. The lowest BCUT2D eigenvalue weighted by Crippen LogP contribution is -2.28. The molecule has 0 saturated carbocycles. The molecular weight excluding hydrogens is 255 g/mol. The van der Waals surface area contributed by atoms with Gasteiger partial charge in [-0.2, -0.15) is 13.2 Å². The minimum Gasteiger partial charge on any atom is -0.440 e. The predicted octanol–water partition coefficient (Wildman–Crippen LogP) is 3.10. The van der Waals surface area contributed by atoms with Crippen molar-refractivity contribution >= 4 is 17.4 Å². The fourth-order valence-corrected chi connectivity index (χ4v) is 2.10. The molecule has 0 aromatic carbocycles. The standard InChI is InChI=1S/C10H12F3NO2S/c1-2-7-3-4-17-8(7)5-14-9(15)16-6-10(11,12)13/h3-4H,2,5-6H2,1H3,(H,14,15). The van der Waals surface area contributed by atoms with Gasteiger partial charge in [-0.15, -0.1) is 11.3 Å². The van der Waals surface area contributed by atoms with E-state index in [1.807, 2.05) is 18.4 Å². The van der Waals surface area contributed by atoms with Crippen molar-refractivity contribution in [3.05, 3.63) is 21.9 Å². The van der Waals surface area contributed by atoms with E-state index >= 15 is 0 Å². The number of hydrogen-bond donors (Lipinski definition) is 1. The number of rotatable bonds is 4. The second-order valence-corrected chi connectivity index (χ2v) is 4.27. The maximum absolute atomic E-state index is 11.7. The van der Waals surface area contributed by atoms with E-state index in [4.69, 9.17) is 0 Å². The normalized spacial score (nSPS) is 11.3. The third-order valence-electron chi connectivity index (χ3n) is 1.98. The molecule has 0 aliphatic heterocycles. The van der Waals surface area contributed by atoms with Gasteiger partial charge in [0.2, 0.25) is 0 Å². The molecule has 1 heterocycles. The summed E-state index contributed by atoms with van der Waals surface area (Å²) >= 11 is 1.45. The van der Waals surface area contributed by atoms with E-state index in [1.165, 1.54) is 11.3 Å². The second kappa shape index (κ2) is 5.90. The second-order valence-electron chi connectivity index (χ2n) is 3.27. The van der Waals surface area contributed by atoms with Crippen molar-refractivity contribution in [1.82, 2.24) is 5.32 Å². The number of thiophene rings is 1. The van der Waals surface area contributed by atoms with Crippen LogP contribution in [0, 0.1) is 0 Å². The van der Waals surface area contributed by atoms with Crippen molar-refractivity contribution in [1.29, 1.82) is 0 Å². The van der Waals surface area contributed by atoms with Crippen LogP contribution in [0.3, 0.4) is 0 Å². The average molecular weight is 267 g/mol. The number of amides is 1. The summed E-state index contributed by atoms with van der Waals surface area (Å²) in [6.07, 6.45) is -4.73. The Hall–Kier alpha value is -1.24. The molecule has 0 aliphatic rings. The van der Waals surface area contributed by atoms with E-state index in [-0.39, 0.29) is 6.54 Å². The molecule has 1 N–H and O–H groups in total. The highest BCUT2D eigenvalue weighted by Gasteiger charge is 2.29. The van der Waals surface area contributed by atoms with Crippen LogP contribution in [0.2, 0.25) is 0 Å². The van der Waals surface area contributed by atoms with Crippen LogP contribution >= 0.6 is 11.3 Å². The Morgan fingerprint density at radius 2 is 2.24 bits per heavy atom. The first kappa shape index (κ1) is 13.8. The Bertz CT molecular complexity index is 376. The van der Waals surface area contributed by atoms with Gasteiger partial charge in [0.15, 0.2) is 6.61 Å². The molecule has 3 nitrogen and oxygen atoms in total. The number of carbonyl (C=O) groups is 1. The number of hydrogen-bond acceptors (Lipinski definition) is 3. The van der Waals surface area contributed by atoms with Crippen molar-refractivity contribution < 1.29 is 22.7 Å². The van der Waals surface area contributed by atoms with Gasteiger partial charge in [-0.3, -0.25) is 0 Å². The van der Waals surface area contributed by atoms with Gasteiger partial charge >= 0.3 is 12.3 Å². The van der Waals surface area contributed by atoms with E-state index in [1.54, 1.807) is 0 Å². The quantitative estimate of drug-likeness (QED) is 0.910. The van der Waals surface area contributed by atoms with Crippen LogP contribution in [-0.2, 0) is 17.7 Å². The van der Waals surface area contributed by atoms with Crippen LogP contribution < -0.4 is 5.32 Å². The van der Waals surface area contributed by atoms with Crippen molar-refractivity contribution in [2.75, 3.05) is 6.61 Å². The average Bonchev–Trinajstić information content (AvgIpc) is 2.69. The van der Waals surface area contributed by atoms with E-state index < -0.39 is 18.9 Å². The van der Waals surface area contributed by atoms with E-state index in [9.17, 15) is 18.0 Å². The predicted molar refractivity (Wildman–Crippen MR) is 57.9 cm³/mol. The van der Waals surface area contributed by atoms with Crippen LogP contribution in [-0.4, -0.2) is 18.9 Å². The van der Waals surface area contributed by atoms with Gasteiger partial charge in [0.1, 0.15) is 0 Å². The van der Waals surface area contributed by atoms with Gasteiger partial charge < -0.3 is 10.1 Å². The molecular formula is C10H12F3NO2S. The van der Waals surface area contributed by atoms with Gasteiger partial charge in [-0.05, 0) is 23.4 Å². The fraction of sp³-hybridized carbons (Fsp3) is 0.500. The summed E-state index contributed by atoms with van der Waals surface area (Å²) in [6, 6.07) is 1.92. The number of nitrogens with one attached hydrogen (secondary N) is 1. The Kier molecular flexibility index (Phi) is 4.80. The summed E-state index contributed by atoms with van der Waals surface area (Å²) in [5, 5.41) is 4.15. The maximum atomic E-state index is 11.7. The Morgan fingerprint density at radius 3 is 2.82 bits per heavy atom. The van der Waals surface area contributed by atoms with E-state index in [2.05, 4.69) is 10.1 Å². The minimum absolute atomic E-state index is 0.192. The van der Waals surface area contributed by atoms with Crippen molar-refractivity contribution in [2.24, 2.45) is 0 Å². The Labute approximate surface area is 101 Å². The van der Waals surface area contributed by atoms with Gasteiger partial charge in [-0.1, -0.05) is 6.92 Å². The molecule has 7 heteroatoms. The summed E-state index contributed by atoms with van der Waals surface area (Å²) in [5.41, 5.74) is 1.08. The molecule has 1 aromatic heterocycles. The number of ether oxygens (including phenoxy) is 1. The zero-order valence-electron chi connectivity index (χ0n) is 9.13. The topological polar surface area (TPSA) is 38.3 Å². The molecule has 96 valence electrons. The van der Waals surface area contributed by atoms with Gasteiger partial charge in [0.25, 0.3) is 0 Å². The van der Waals surface area contributed by atoms with Crippen LogP contribution in [0.4, 0.5) is 18.0 Å². The fourth-order valence-electron chi connectivity index (χ4n) is 1.19. The molecule has 0 atom stereocenters. The summed E-state index contributed by atoms with van der Waals surface area (Å²) < 4.78 is 39.2. The molecule has 17 heavy (non-hydrogen) atoms. The molecule has 0 bridgehead atoms. The molecule has 0 unspecified atom stereocenters. The lowest BCUT2D eigenvalue weighted by atomic mass is 10.2. The molecule has 0 radical (unpaired) electrons. The highest BCUT2D eigenvalue weighted by Crippen LogP contribution is 2.17. The Balaban J connectivity index is 2.33. The summed E-state index contributed by atoms with van der Waals surface area (Å²) in [5.74, 6) is 0. The number of alkyl halides is 3. The highest BCUT2D eigenvalue weighted by atomic mass is 32.1. The molecule has 1 amide bonds. The third kappa shape index (κ3) is 5.08. The van der Waals surface area contributed by atoms with Crippen molar-refractivity contribution in [3.63, 3.8) is 0 Å². The molecule has 1 aromatic rings. The largest absolute Gasteiger partial charge is 0.440 e. The molecule has 0 fully saturated rings. The van der Waals surface area contributed by atoms with Crippen molar-refractivity contribution in [2.45, 2.75) is 26.1 Å². The first-order valence-corrected chi connectivity index (χ1v) is 5.83. The molecule has 0 saturated heterocycles. The SMILES string of the molecule is CCc1ccsc1CNC(=O)OCC(F)(F)F. The van der Waals surface area contributed by atoms with Gasteiger partial charge in [0.05, 0.1) is 6.54 Å². The monoisotopic (exact) mass is 267 g/mol. The summed E-state index contributed by atoms with van der Waals surface area (Å²) in [6.45, 7) is 0.592. The summed E-state index contributed by atoms with van der Waals surface area (Å²) in [4.78, 5) is 11.9. The smallest absolute Gasteiger partial charge is 0.422 e. The number of halogens is 3. The van der Waals surface area contributed by atoms with Crippen molar-refractivity contribution in [3.8, 4) is 0 Å². The van der Waals surface area contributed by atoms with Crippen LogP contribution in [0.15, 0.2) is 11.4 Å². The first-order chi connectivity index (χ1) is 7.92. The van der Waals surface area contributed by atoms with Crippen LogP contribution in [0.25, 0.3) is 0 Å². The zero-order chi connectivity index (χ0) is 12.9. The zero-order valence-corrected chi connectivity index (χ0v) is 9.95. The lowest BCUT2D eigenvalue weighted by molar-refractivity contribution is -0.160. The third-order valence-corrected chi connectivity index (χ3v) is 2.94. The number of alkyl carbamates (subject to hydrolysis) is 1. The number of carbonyl (C=O) groups excluding carboxylic acids is 1. The Morgan fingerprint density at radius 1 is 1.53 bits per heavy atom. The van der Waals surface area contributed by atoms with E-state index in [0.717, 1.165) is 16.9 Å². The molecule has 0 spiro atoms.